The third-order valence-electron chi connectivity index (χ3n) is 2.82. The summed E-state index contributed by atoms with van der Waals surface area (Å²) in [6.45, 7) is 2.21. The SMILES string of the molecule is CCCC(Cc1ccn2nccc2n1)NC. The molecule has 2 heterocycles. The summed E-state index contributed by atoms with van der Waals surface area (Å²) in [6, 6.07) is 4.49. The van der Waals surface area contributed by atoms with E-state index in [1.165, 1.54) is 12.8 Å². The predicted molar refractivity (Wildman–Crippen MR) is 64.4 cm³/mol. The normalized spacial score (nSPS) is 13.1. The fourth-order valence-electron chi connectivity index (χ4n) is 1.91. The number of rotatable bonds is 5. The van der Waals surface area contributed by atoms with Gasteiger partial charge in [-0.15, -0.1) is 0 Å². The second kappa shape index (κ2) is 5.07. The first-order chi connectivity index (χ1) is 7.83. The summed E-state index contributed by atoms with van der Waals surface area (Å²) in [5.74, 6) is 0. The van der Waals surface area contributed by atoms with Crippen LogP contribution in [0.1, 0.15) is 25.5 Å². The minimum Gasteiger partial charge on any atom is -0.317 e. The molecule has 0 spiro atoms. The van der Waals surface area contributed by atoms with Crippen molar-refractivity contribution in [2.45, 2.75) is 32.2 Å². The van der Waals surface area contributed by atoms with Gasteiger partial charge in [-0.05, 0) is 19.5 Å². The minimum absolute atomic E-state index is 0.517. The summed E-state index contributed by atoms with van der Waals surface area (Å²) in [4.78, 5) is 4.57. The summed E-state index contributed by atoms with van der Waals surface area (Å²) in [7, 11) is 2.01. The van der Waals surface area contributed by atoms with Gasteiger partial charge in [0.15, 0.2) is 5.65 Å². The van der Waals surface area contributed by atoms with E-state index in [1.54, 1.807) is 10.7 Å². The number of likely N-dealkylation sites (N-methyl/N-ethyl adjacent to an activating group) is 1. The molecule has 2 aromatic heterocycles. The van der Waals surface area contributed by atoms with Crippen molar-refractivity contribution >= 4 is 5.65 Å². The molecule has 16 heavy (non-hydrogen) atoms. The van der Waals surface area contributed by atoms with Crippen LogP contribution < -0.4 is 5.32 Å². The van der Waals surface area contributed by atoms with Gasteiger partial charge in [0, 0.05) is 30.4 Å². The zero-order valence-electron chi connectivity index (χ0n) is 9.85. The van der Waals surface area contributed by atoms with E-state index in [0.717, 1.165) is 17.8 Å². The molecule has 0 radical (unpaired) electrons. The summed E-state index contributed by atoms with van der Waals surface area (Å²) in [5.41, 5.74) is 2.05. The molecule has 0 aromatic carbocycles. The Balaban J connectivity index is 2.13. The van der Waals surface area contributed by atoms with E-state index < -0.39 is 0 Å². The summed E-state index contributed by atoms with van der Waals surface area (Å²) in [6.07, 6.45) is 7.10. The maximum atomic E-state index is 4.57. The van der Waals surface area contributed by atoms with Gasteiger partial charge in [-0.25, -0.2) is 9.50 Å². The zero-order chi connectivity index (χ0) is 11.4. The highest BCUT2D eigenvalue weighted by molar-refractivity contribution is 5.36. The number of hydrogen-bond donors (Lipinski definition) is 1. The van der Waals surface area contributed by atoms with Gasteiger partial charge in [0.05, 0.1) is 6.20 Å². The van der Waals surface area contributed by atoms with Crippen LogP contribution in [0.5, 0.6) is 0 Å². The van der Waals surface area contributed by atoms with E-state index in [4.69, 9.17) is 0 Å². The van der Waals surface area contributed by atoms with Crippen molar-refractivity contribution in [2.75, 3.05) is 7.05 Å². The maximum Gasteiger partial charge on any atom is 0.155 e. The Kier molecular flexibility index (Phi) is 3.51. The van der Waals surface area contributed by atoms with E-state index in [-0.39, 0.29) is 0 Å². The molecule has 0 fully saturated rings. The molecule has 0 saturated carbocycles. The number of hydrogen-bond acceptors (Lipinski definition) is 3. The highest BCUT2D eigenvalue weighted by atomic mass is 15.2. The quantitative estimate of drug-likeness (QED) is 0.830. The smallest absolute Gasteiger partial charge is 0.155 e. The minimum atomic E-state index is 0.517. The molecule has 2 aromatic rings. The Bertz CT molecular complexity index is 449. The van der Waals surface area contributed by atoms with Crippen LogP contribution in [0.15, 0.2) is 24.5 Å². The van der Waals surface area contributed by atoms with Gasteiger partial charge in [0.1, 0.15) is 0 Å². The molecule has 0 aliphatic rings. The number of nitrogens with zero attached hydrogens (tertiary/aromatic N) is 3. The van der Waals surface area contributed by atoms with Gasteiger partial charge in [-0.2, -0.15) is 5.10 Å². The van der Waals surface area contributed by atoms with Crippen LogP contribution >= 0.6 is 0 Å². The first kappa shape index (κ1) is 11.1. The van der Waals surface area contributed by atoms with Gasteiger partial charge < -0.3 is 5.32 Å². The number of nitrogens with one attached hydrogen (secondary N) is 1. The summed E-state index contributed by atoms with van der Waals surface area (Å²) >= 11 is 0. The fourth-order valence-corrected chi connectivity index (χ4v) is 1.91. The summed E-state index contributed by atoms with van der Waals surface area (Å²) in [5, 5.41) is 7.46. The molecule has 0 bridgehead atoms. The van der Waals surface area contributed by atoms with E-state index in [1.807, 2.05) is 25.4 Å². The molecule has 0 saturated heterocycles. The highest BCUT2D eigenvalue weighted by Crippen LogP contribution is 2.07. The van der Waals surface area contributed by atoms with Crippen LogP contribution in [0.25, 0.3) is 5.65 Å². The highest BCUT2D eigenvalue weighted by Gasteiger charge is 2.07. The van der Waals surface area contributed by atoms with Crippen molar-refractivity contribution in [3.8, 4) is 0 Å². The zero-order valence-corrected chi connectivity index (χ0v) is 9.85. The molecular weight excluding hydrogens is 200 g/mol. The lowest BCUT2D eigenvalue weighted by molar-refractivity contribution is 0.509. The Morgan fingerprint density at radius 3 is 3.06 bits per heavy atom. The van der Waals surface area contributed by atoms with Gasteiger partial charge in [0.25, 0.3) is 0 Å². The Hall–Kier alpha value is -1.42. The van der Waals surface area contributed by atoms with Crippen LogP contribution in [0.2, 0.25) is 0 Å². The Morgan fingerprint density at radius 1 is 1.44 bits per heavy atom. The molecule has 4 heteroatoms. The van der Waals surface area contributed by atoms with Crippen LogP contribution in [0, 0.1) is 0 Å². The van der Waals surface area contributed by atoms with E-state index in [9.17, 15) is 0 Å². The molecule has 1 N–H and O–H groups in total. The van der Waals surface area contributed by atoms with Crippen LogP contribution in [0.4, 0.5) is 0 Å². The molecular formula is C12H18N4. The Morgan fingerprint density at radius 2 is 2.31 bits per heavy atom. The maximum absolute atomic E-state index is 4.57. The van der Waals surface area contributed by atoms with Gasteiger partial charge in [-0.3, -0.25) is 0 Å². The van der Waals surface area contributed by atoms with Crippen molar-refractivity contribution in [3.63, 3.8) is 0 Å². The van der Waals surface area contributed by atoms with Crippen molar-refractivity contribution in [1.29, 1.82) is 0 Å². The molecule has 4 nitrogen and oxygen atoms in total. The van der Waals surface area contributed by atoms with Crippen LogP contribution in [0.3, 0.4) is 0 Å². The standard InChI is InChI=1S/C12H18N4/c1-3-4-10(13-2)9-11-6-8-16-12(15-11)5-7-14-16/h5-8,10,13H,3-4,9H2,1-2H3. The van der Waals surface area contributed by atoms with Gasteiger partial charge in [0.2, 0.25) is 0 Å². The van der Waals surface area contributed by atoms with E-state index in [0.29, 0.717) is 6.04 Å². The molecule has 1 atom stereocenters. The lowest BCUT2D eigenvalue weighted by Gasteiger charge is -2.14. The molecule has 1 unspecified atom stereocenters. The van der Waals surface area contributed by atoms with Gasteiger partial charge >= 0.3 is 0 Å². The van der Waals surface area contributed by atoms with Gasteiger partial charge in [-0.1, -0.05) is 13.3 Å². The second-order valence-corrected chi connectivity index (χ2v) is 4.03. The lowest BCUT2D eigenvalue weighted by atomic mass is 10.1. The predicted octanol–water partition coefficient (Wildman–Crippen LogP) is 1.66. The number of aromatic nitrogens is 3. The largest absolute Gasteiger partial charge is 0.317 e. The van der Waals surface area contributed by atoms with Crippen molar-refractivity contribution in [3.05, 3.63) is 30.2 Å². The molecule has 2 rings (SSSR count). The van der Waals surface area contributed by atoms with Crippen molar-refractivity contribution in [2.24, 2.45) is 0 Å². The third-order valence-corrected chi connectivity index (χ3v) is 2.82. The van der Waals surface area contributed by atoms with E-state index >= 15 is 0 Å². The Labute approximate surface area is 95.7 Å². The average Bonchev–Trinajstić information content (AvgIpc) is 2.75. The first-order valence-electron chi connectivity index (χ1n) is 5.80. The molecule has 86 valence electrons. The average molecular weight is 218 g/mol. The monoisotopic (exact) mass is 218 g/mol. The molecule has 0 aliphatic heterocycles. The topological polar surface area (TPSA) is 42.2 Å². The van der Waals surface area contributed by atoms with Crippen LogP contribution in [-0.2, 0) is 6.42 Å². The number of fused-ring (bicyclic) bond motifs is 1. The lowest BCUT2D eigenvalue weighted by Crippen LogP contribution is -2.27. The van der Waals surface area contributed by atoms with E-state index in [2.05, 4.69) is 22.3 Å². The first-order valence-corrected chi connectivity index (χ1v) is 5.80. The second-order valence-electron chi connectivity index (χ2n) is 4.03. The molecule has 0 amide bonds. The molecule has 0 aliphatic carbocycles. The van der Waals surface area contributed by atoms with Crippen LogP contribution in [-0.4, -0.2) is 27.7 Å². The van der Waals surface area contributed by atoms with Crippen molar-refractivity contribution in [1.82, 2.24) is 19.9 Å². The summed E-state index contributed by atoms with van der Waals surface area (Å²) < 4.78 is 1.79. The third kappa shape index (κ3) is 2.39. The van der Waals surface area contributed by atoms with Crippen molar-refractivity contribution < 1.29 is 0 Å². The fraction of sp³-hybridized carbons (Fsp3) is 0.500.